The van der Waals surface area contributed by atoms with E-state index in [0.717, 1.165) is 22.4 Å². The highest BCUT2D eigenvalue weighted by Gasteiger charge is 2.05. The van der Waals surface area contributed by atoms with Gasteiger partial charge in [-0.05, 0) is 30.2 Å². The largest absolute Gasteiger partial charge is 0.489 e. The topological polar surface area (TPSA) is 63.9 Å². The van der Waals surface area contributed by atoms with Crippen molar-refractivity contribution < 1.29 is 4.74 Å². The Morgan fingerprint density at radius 2 is 2.35 bits per heavy atom. The minimum absolute atomic E-state index is 0.518. The van der Waals surface area contributed by atoms with Gasteiger partial charge >= 0.3 is 0 Å². The number of aromatic amines is 1. The van der Waals surface area contributed by atoms with Crippen molar-refractivity contribution in [3.8, 4) is 16.9 Å². The molecule has 0 saturated carbocycles. The van der Waals surface area contributed by atoms with Crippen molar-refractivity contribution in [3.63, 3.8) is 0 Å². The van der Waals surface area contributed by atoms with E-state index in [1.807, 2.05) is 31.2 Å². The quantitative estimate of drug-likeness (QED) is 0.792. The third-order valence-electron chi connectivity index (χ3n) is 2.30. The first-order chi connectivity index (χ1) is 8.16. The molecule has 0 aliphatic rings. The molecule has 88 valence electrons. The van der Waals surface area contributed by atoms with Crippen LogP contribution < -0.4 is 10.5 Å². The number of nitrogen functional groups attached to an aromatic ring is 1. The van der Waals surface area contributed by atoms with Gasteiger partial charge in [0.1, 0.15) is 18.2 Å². The number of benzene rings is 1. The number of nitrogens with zero attached hydrogens (tertiary/aromatic N) is 1. The molecule has 0 amide bonds. The van der Waals surface area contributed by atoms with Crippen molar-refractivity contribution in [1.82, 2.24) is 10.2 Å². The molecule has 4 heteroatoms. The number of ether oxygens (including phenoxy) is 1. The zero-order chi connectivity index (χ0) is 12.3. The fourth-order valence-corrected chi connectivity index (χ4v) is 1.49. The molecule has 1 aromatic heterocycles. The standard InChI is InChI=1S/C13H15N3O/c1-9(2)8-17-11-5-3-4-10(6-11)12-7-15-16-13(12)14/h3-7H,1,8H2,2H3,(H3,14,15,16). The van der Waals surface area contributed by atoms with Gasteiger partial charge in [-0.3, -0.25) is 5.10 Å². The fourth-order valence-electron chi connectivity index (χ4n) is 1.49. The molecule has 0 aliphatic heterocycles. The summed E-state index contributed by atoms with van der Waals surface area (Å²) in [6.45, 7) is 6.24. The summed E-state index contributed by atoms with van der Waals surface area (Å²) in [5.41, 5.74) is 8.62. The number of hydrogen-bond donors (Lipinski definition) is 2. The Labute approximate surface area is 100 Å². The van der Waals surface area contributed by atoms with Crippen LogP contribution in [0.5, 0.6) is 5.75 Å². The number of nitrogens with one attached hydrogen (secondary N) is 1. The summed E-state index contributed by atoms with van der Waals surface area (Å²) in [6, 6.07) is 7.73. The first-order valence-electron chi connectivity index (χ1n) is 5.33. The monoisotopic (exact) mass is 229 g/mol. The molecule has 3 N–H and O–H groups in total. The number of rotatable bonds is 4. The Morgan fingerprint density at radius 1 is 1.53 bits per heavy atom. The van der Waals surface area contributed by atoms with E-state index in [9.17, 15) is 0 Å². The maximum atomic E-state index is 5.77. The van der Waals surface area contributed by atoms with Crippen LogP contribution in [-0.2, 0) is 0 Å². The first-order valence-corrected chi connectivity index (χ1v) is 5.33. The molecule has 1 aromatic carbocycles. The van der Waals surface area contributed by atoms with Crippen molar-refractivity contribution in [1.29, 1.82) is 0 Å². The van der Waals surface area contributed by atoms with Crippen LogP contribution in [0.4, 0.5) is 5.82 Å². The van der Waals surface area contributed by atoms with Crippen molar-refractivity contribution in [3.05, 3.63) is 42.6 Å². The van der Waals surface area contributed by atoms with E-state index >= 15 is 0 Å². The summed E-state index contributed by atoms with van der Waals surface area (Å²) in [6.07, 6.45) is 1.70. The molecular formula is C13H15N3O. The fraction of sp³-hybridized carbons (Fsp3) is 0.154. The van der Waals surface area contributed by atoms with E-state index in [1.165, 1.54) is 0 Å². The van der Waals surface area contributed by atoms with Crippen LogP contribution in [-0.4, -0.2) is 16.8 Å². The van der Waals surface area contributed by atoms with Gasteiger partial charge < -0.3 is 10.5 Å². The summed E-state index contributed by atoms with van der Waals surface area (Å²) in [5, 5.41) is 6.61. The third kappa shape index (κ3) is 2.66. The Hall–Kier alpha value is -2.23. The van der Waals surface area contributed by atoms with Crippen LogP contribution in [0.15, 0.2) is 42.6 Å². The van der Waals surface area contributed by atoms with Crippen LogP contribution in [0.25, 0.3) is 11.1 Å². The van der Waals surface area contributed by atoms with Gasteiger partial charge in [-0.25, -0.2) is 0 Å². The maximum absolute atomic E-state index is 5.77. The molecule has 4 nitrogen and oxygen atoms in total. The zero-order valence-electron chi connectivity index (χ0n) is 9.73. The molecule has 0 saturated heterocycles. The lowest BCUT2D eigenvalue weighted by Gasteiger charge is -2.07. The second kappa shape index (κ2) is 4.74. The molecule has 0 radical (unpaired) electrons. The van der Waals surface area contributed by atoms with Gasteiger partial charge in [-0.15, -0.1) is 0 Å². The van der Waals surface area contributed by atoms with Crippen LogP contribution in [0.3, 0.4) is 0 Å². The normalized spacial score (nSPS) is 10.2. The second-order valence-electron chi connectivity index (χ2n) is 3.97. The lowest BCUT2D eigenvalue weighted by molar-refractivity contribution is 0.353. The molecule has 0 fully saturated rings. The van der Waals surface area contributed by atoms with E-state index in [1.54, 1.807) is 6.20 Å². The summed E-state index contributed by atoms with van der Waals surface area (Å²) < 4.78 is 5.58. The minimum atomic E-state index is 0.518. The van der Waals surface area contributed by atoms with Crippen LogP contribution >= 0.6 is 0 Å². The number of aromatic nitrogens is 2. The number of hydrogen-bond acceptors (Lipinski definition) is 3. The van der Waals surface area contributed by atoms with Crippen molar-refractivity contribution >= 4 is 5.82 Å². The molecule has 0 aliphatic carbocycles. The van der Waals surface area contributed by atoms with Crippen LogP contribution in [0.2, 0.25) is 0 Å². The van der Waals surface area contributed by atoms with Crippen molar-refractivity contribution in [2.24, 2.45) is 0 Å². The van der Waals surface area contributed by atoms with Crippen LogP contribution in [0.1, 0.15) is 6.92 Å². The van der Waals surface area contributed by atoms with Gasteiger partial charge in [0.15, 0.2) is 0 Å². The van der Waals surface area contributed by atoms with E-state index in [0.29, 0.717) is 12.4 Å². The highest BCUT2D eigenvalue weighted by atomic mass is 16.5. The average Bonchev–Trinajstić information content (AvgIpc) is 2.73. The van der Waals surface area contributed by atoms with E-state index in [-0.39, 0.29) is 0 Å². The third-order valence-corrected chi connectivity index (χ3v) is 2.30. The van der Waals surface area contributed by atoms with Gasteiger partial charge in [-0.2, -0.15) is 5.10 Å². The Bertz CT molecular complexity index is 531. The SMILES string of the molecule is C=C(C)COc1cccc(-c2cn[nH]c2N)c1. The van der Waals surface area contributed by atoms with Crippen molar-refractivity contribution in [2.45, 2.75) is 6.92 Å². The van der Waals surface area contributed by atoms with E-state index in [4.69, 9.17) is 10.5 Å². The van der Waals surface area contributed by atoms with E-state index < -0.39 is 0 Å². The summed E-state index contributed by atoms with van der Waals surface area (Å²) >= 11 is 0. The molecule has 0 unspecified atom stereocenters. The van der Waals surface area contributed by atoms with Crippen molar-refractivity contribution in [2.75, 3.05) is 12.3 Å². The highest BCUT2D eigenvalue weighted by Crippen LogP contribution is 2.26. The summed E-state index contributed by atoms with van der Waals surface area (Å²) in [5.74, 6) is 1.35. The lowest BCUT2D eigenvalue weighted by Crippen LogP contribution is -1.97. The number of anilines is 1. The first kappa shape index (κ1) is 11.3. The minimum Gasteiger partial charge on any atom is -0.489 e. The summed E-state index contributed by atoms with van der Waals surface area (Å²) in [4.78, 5) is 0. The van der Waals surface area contributed by atoms with Gasteiger partial charge in [0.2, 0.25) is 0 Å². The predicted octanol–water partition coefficient (Wildman–Crippen LogP) is 2.61. The Kier molecular flexibility index (Phi) is 3.14. The average molecular weight is 229 g/mol. The maximum Gasteiger partial charge on any atom is 0.126 e. The molecule has 2 rings (SSSR count). The Morgan fingerprint density at radius 3 is 3.00 bits per heavy atom. The van der Waals surface area contributed by atoms with Gasteiger partial charge in [0, 0.05) is 5.56 Å². The molecule has 2 aromatic rings. The van der Waals surface area contributed by atoms with Crippen LogP contribution in [0, 0.1) is 0 Å². The highest BCUT2D eigenvalue weighted by molar-refractivity contribution is 5.73. The van der Waals surface area contributed by atoms with Gasteiger partial charge in [-0.1, -0.05) is 18.7 Å². The molecular weight excluding hydrogens is 214 g/mol. The van der Waals surface area contributed by atoms with Gasteiger partial charge in [0.05, 0.1) is 6.20 Å². The second-order valence-corrected chi connectivity index (χ2v) is 3.97. The number of H-pyrrole nitrogens is 1. The summed E-state index contributed by atoms with van der Waals surface area (Å²) in [7, 11) is 0. The molecule has 0 atom stereocenters. The zero-order valence-corrected chi connectivity index (χ0v) is 9.73. The molecule has 0 spiro atoms. The molecule has 1 heterocycles. The van der Waals surface area contributed by atoms with E-state index in [2.05, 4.69) is 16.8 Å². The lowest BCUT2D eigenvalue weighted by atomic mass is 10.1. The van der Waals surface area contributed by atoms with Gasteiger partial charge in [0.25, 0.3) is 0 Å². The predicted molar refractivity (Wildman–Crippen MR) is 68.7 cm³/mol. The Balaban J connectivity index is 2.23. The number of nitrogens with two attached hydrogens (primary N) is 1. The smallest absolute Gasteiger partial charge is 0.126 e. The molecule has 17 heavy (non-hydrogen) atoms. The molecule has 0 bridgehead atoms.